The van der Waals surface area contributed by atoms with Gasteiger partial charge in [0.2, 0.25) is 0 Å². The standard InChI is InChI=1S/C10H16O/c1-5-10(9(4)11)7-6-8(2)3/h5-6,10H,1,7H2,2-4H3. The first-order valence-corrected chi connectivity index (χ1v) is 3.84. The van der Waals surface area contributed by atoms with Crippen molar-refractivity contribution < 1.29 is 4.79 Å². The molecule has 0 saturated heterocycles. The highest BCUT2D eigenvalue weighted by atomic mass is 16.1. The zero-order valence-electron chi connectivity index (χ0n) is 7.55. The molecule has 0 fully saturated rings. The summed E-state index contributed by atoms with van der Waals surface area (Å²) in [5.74, 6) is 0.197. The molecule has 1 heteroatoms. The van der Waals surface area contributed by atoms with Crippen molar-refractivity contribution in [2.24, 2.45) is 5.92 Å². The number of rotatable bonds is 4. The molecule has 0 aromatic carbocycles. The van der Waals surface area contributed by atoms with Gasteiger partial charge in [-0.05, 0) is 27.2 Å². The predicted molar refractivity (Wildman–Crippen MR) is 48.4 cm³/mol. The quantitative estimate of drug-likeness (QED) is 0.566. The maximum absolute atomic E-state index is 10.9. The van der Waals surface area contributed by atoms with Crippen LogP contribution in [0.3, 0.4) is 0 Å². The number of hydrogen-bond donors (Lipinski definition) is 0. The van der Waals surface area contributed by atoms with Gasteiger partial charge in [0.05, 0.1) is 0 Å². The Balaban J connectivity index is 3.99. The van der Waals surface area contributed by atoms with Crippen LogP contribution in [0.25, 0.3) is 0 Å². The lowest BCUT2D eigenvalue weighted by molar-refractivity contribution is -0.119. The second kappa shape index (κ2) is 4.89. The van der Waals surface area contributed by atoms with Crippen molar-refractivity contribution in [1.29, 1.82) is 0 Å². The predicted octanol–water partition coefficient (Wildman–Crippen LogP) is 2.73. The van der Waals surface area contributed by atoms with E-state index in [9.17, 15) is 4.79 Å². The van der Waals surface area contributed by atoms with E-state index in [1.165, 1.54) is 5.57 Å². The topological polar surface area (TPSA) is 17.1 Å². The van der Waals surface area contributed by atoms with Gasteiger partial charge in [-0.1, -0.05) is 17.7 Å². The SMILES string of the molecule is C=CC(CC=C(C)C)C(C)=O. The molecule has 11 heavy (non-hydrogen) atoms. The highest BCUT2D eigenvalue weighted by molar-refractivity contribution is 5.80. The fourth-order valence-electron chi connectivity index (χ4n) is 0.791. The summed E-state index contributed by atoms with van der Waals surface area (Å²) in [5.41, 5.74) is 1.25. The Labute approximate surface area is 68.8 Å². The lowest BCUT2D eigenvalue weighted by Crippen LogP contribution is -2.05. The van der Waals surface area contributed by atoms with Crippen LogP contribution in [-0.4, -0.2) is 5.78 Å². The molecule has 0 aliphatic carbocycles. The summed E-state index contributed by atoms with van der Waals surface area (Å²) in [6.45, 7) is 9.27. The van der Waals surface area contributed by atoms with E-state index in [1.807, 2.05) is 13.8 Å². The third kappa shape index (κ3) is 4.54. The molecule has 0 aromatic rings. The number of Topliss-reactive ketones (excluding diaryl/α,β-unsaturated/α-hetero) is 1. The molecule has 0 aromatic heterocycles. The van der Waals surface area contributed by atoms with Crippen LogP contribution in [0.1, 0.15) is 27.2 Å². The lowest BCUT2D eigenvalue weighted by Gasteiger charge is -2.03. The van der Waals surface area contributed by atoms with Crippen molar-refractivity contribution >= 4 is 5.78 Å². The van der Waals surface area contributed by atoms with Crippen LogP contribution in [0.5, 0.6) is 0 Å². The molecule has 1 nitrogen and oxygen atoms in total. The Morgan fingerprint density at radius 3 is 2.27 bits per heavy atom. The number of carbonyl (C=O) groups is 1. The molecule has 0 heterocycles. The van der Waals surface area contributed by atoms with E-state index in [4.69, 9.17) is 0 Å². The highest BCUT2D eigenvalue weighted by Crippen LogP contribution is 2.08. The van der Waals surface area contributed by atoms with Gasteiger partial charge >= 0.3 is 0 Å². The maximum Gasteiger partial charge on any atom is 0.136 e. The second-order valence-electron chi connectivity index (χ2n) is 2.97. The third-order valence-electron chi connectivity index (χ3n) is 1.59. The zero-order valence-corrected chi connectivity index (χ0v) is 7.55. The van der Waals surface area contributed by atoms with Crippen LogP contribution in [0.15, 0.2) is 24.3 Å². The first-order valence-electron chi connectivity index (χ1n) is 3.84. The highest BCUT2D eigenvalue weighted by Gasteiger charge is 2.06. The smallest absolute Gasteiger partial charge is 0.136 e. The molecule has 0 bridgehead atoms. The average molecular weight is 152 g/mol. The van der Waals surface area contributed by atoms with Crippen LogP contribution in [0.4, 0.5) is 0 Å². The molecule has 0 spiro atoms. The first-order chi connectivity index (χ1) is 5.07. The summed E-state index contributed by atoms with van der Waals surface area (Å²) in [6.07, 6.45) is 4.57. The average Bonchev–Trinajstić information content (AvgIpc) is 1.87. The fourth-order valence-corrected chi connectivity index (χ4v) is 0.791. The molecule has 0 aliphatic rings. The summed E-state index contributed by atoms with van der Waals surface area (Å²) in [4.78, 5) is 10.9. The summed E-state index contributed by atoms with van der Waals surface area (Å²) in [7, 11) is 0. The Morgan fingerprint density at radius 2 is 2.00 bits per heavy atom. The van der Waals surface area contributed by atoms with Crippen molar-refractivity contribution in [2.45, 2.75) is 27.2 Å². The molecule has 0 amide bonds. The van der Waals surface area contributed by atoms with E-state index in [0.717, 1.165) is 6.42 Å². The molecule has 0 radical (unpaired) electrons. The molecule has 0 rings (SSSR count). The van der Waals surface area contributed by atoms with Crippen LogP contribution >= 0.6 is 0 Å². The minimum Gasteiger partial charge on any atom is -0.299 e. The van der Waals surface area contributed by atoms with Crippen molar-refractivity contribution in [3.05, 3.63) is 24.3 Å². The Kier molecular flexibility index (Phi) is 4.51. The molecule has 1 atom stereocenters. The van der Waals surface area contributed by atoms with Gasteiger partial charge in [-0.15, -0.1) is 6.58 Å². The van der Waals surface area contributed by atoms with E-state index in [1.54, 1.807) is 13.0 Å². The van der Waals surface area contributed by atoms with E-state index in [0.29, 0.717) is 0 Å². The minimum atomic E-state index is 0.00454. The largest absolute Gasteiger partial charge is 0.299 e. The summed E-state index contributed by atoms with van der Waals surface area (Å²) >= 11 is 0. The van der Waals surface area contributed by atoms with Crippen molar-refractivity contribution in [2.75, 3.05) is 0 Å². The zero-order chi connectivity index (χ0) is 8.85. The lowest BCUT2D eigenvalue weighted by atomic mass is 10.0. The van der Waals surface area contributed by atoms with E-state index in [2.05, 4.69) is 12.7 Å². The number of ketones is 1. The van der Waals surface area contributed by atoms with Crippen molar-refractivity contribution in [1.82, 2.24) is 0 Å². The summed E-state index contributed by atoms with van der Waals surface area (Å²) in [5, 5.41) is 0. The minimum absolute atomic E-state index is 0.00454. The number of hydrogen-bond acceptors (Lipinski definition) is 1. The Hall–Kier alpha value is -0.850. The van der Waals surface area contributed by atoms with Gasteiger partial charge in [-0.3, -0.25) is 4.79 Å². The Morgan fingerprint density at radius 1 is 1.45 bits per heavy atom. The van der Waals surface area contributed by atoms with Crippen molar-refractivity contribution in [3.8, 4) is 0 Å². The Bertz CT molecular complexity index is 173. The molecule has 1 unspecified atom stereocenters. The van der Waals surface area contributed by atoms with Crippen LogP contribution in [0, 0.1) is 5.92 Å². The molecule has 0 saturated carbocycles. The van der Waals surface area contributed by atoms with E-state index < -0.39 is 0 Å². The molecule has 0 N–H and O–H groups in total. The van der Waals surface area contributed by atoms with Gasteiger partial charge in [0.1, 0.15) is 5.78 Å². The van der Waals surface area contributed by atoms with Crippen LogP contribution in [0.2, 0.25) is 0 Å². The van der Waals surface area contributed by atoms with Gasteiger partial charge < -0.3 is 0 Å². The fraction of sp³-hybridized carbons (Fsp3) is 0.500. The van der Waals surface area contributed by atoms with Crippen molar-refractivity contribution in [3.63, 3.8) is 0 Å². The first kappa shape index (κ1) is 10.2. The van der Waals surface area contributed by atoms with Gasteiger partial charge in [-0.25, -0.2) is 0 Å². The molecule has 62 valence electrons. The van der Waals surface area contributed by atoms with Gasteiger partial charge in [0.15, 0.2) is 0 Å². The van der Waals surface area contributed by atoms with E-state index >= 15 is 0 Å². The van der Waals surface area contributed by atoms with Gasteiger partial charge in [0, 0.05) is 5.92 Å². The second-order valence-corrected chi connectivity index (χ2v) is 2.97. The number of carbonyl (C=O) groups excluding carboxylic acids is 1. The molecular formula is C10H16O. The third-order valence-corrected chi connectivity index (χ3v) is 1.59. The number of allylic oxidation sites excluding steroid dienone is 3. The molecule has 0 aliphatic heterocycles. The normalized spacial score (nSPS) is 11.9. The van der Waals surface area contributed by atoms with Gasteiger partial charge in [-0.2, -0.15) is 0 Å². The van der Waals surface area contributed by atoms with E-state index in [-0.39, 0.29) is 11.7 Å². The summed E-state index contributed by atoms with van der Waals surface area (Å²) in [6, 6.07) is 0. The maximum atomic E-state index is 10.9. The monoisotopic (exact) mass is 152 g/mol. The van der Waals surface area contributed by atoms with Crippen LogP contribution < -0.4 is 0 Å². The van der Waals surface area contributed by atoms with Crippen LogP contribution in [-0.2, 0) is 4.79 Å². The van der Waals surface area contributed by atoms with Gasteiger partial charge in [0.25, 0.3) is 0 Å². The summed E-state index contributed by atoms with van der Waals surface area (Å²) < 4.78 is 0. The molecular weight excluding hydrogens is 136 g/mol.